The third kappa shape index (κ3) is 1.62. The molecule has 2 aliphatic heterocycles. The molecule has 0 aliphatic carbocycles. The largest absolute Gasteiger partial charge is 0.339 e. The van der Waals surface area contributed by atoms with Gasteiger partial charge in [-0.05, 0) is 30.5 Å². The van der Waals surface area contributed by atoms with Gasteiger partial charge in [0.1, 0.15) is 5.82 Å². The third-order valence-corrected chi connectivity index (χ3v) is 3.11. The van der Waals surface area contributed by atoms with Gasteiger partial charge in [-0.15, -0.1) is 0 Å². The number of rotatable bonds is 2. The molecule has 0 saturated carbocycles. The Morgan fingerprint density at radius 2 is 2.41 bits per heavy atom. The van der Waals surface area contributed by atoms with E-state index in [0.717, 1.165) is 42.9 Å². The molecule has 0 saturated heterocycles. The molecule has 2 aliphatic rings. The minimum Gasteiger partial charge on any atom is -0.339 e. The van der Waals surface area contributed by atoms with Crippen molar-refractivity contribution >= 4 is 18.3 Å². The topological polar surface area (TPSA) is 48.5 Å². The lowest BCUT2D eigenvalue weighted by Crippen LogP contribution is -2.28. The molecule has 4 nitrogen and oxygen atoms in total. The van der Waals surface area contributed by atoms with E-state index in [1.165, 1.54) is 5.56 Å². The zero-order valence-electron chi connectivity index (χ0n) is 9.44. The van der Waals surface area contributed by atoms with Crippen LogP contribution in [0, 0.1) is 0 Å². The summed E-state index contributed by atoms with van der Waals surface area (Å²) in [7, 11) is 0. The molecular weight excluding hydrogens is 214 g/mol. The van der Waals surface area contributed by atoms with E-state index >= 15 is 0 Å². The minimum atomic E-state index is 0.635. The lowest BCUT2D eigenvalue weighted by Gasteiger charge is -2.28. The molecule has 0 aromatic carbocycles. The van der Waals surface area contributed by atoms with Crippen LogP contribution in [0.2, 0.25) is 0 Å². The van der Waals surface area contributed by atoms with Crippen LogP contribution in [0.15, 0.2) is 35.1 Å². The highest BCUT2D eigenvalue weighted by Gasteiger charge is 2.22. The predicted octanol–water partition coefficient (Wildman–Crippen LogP) is 2.06. The van der Waals surface area contributed by atoms with E-state index in [2.05, 4.69) is 21.5 Å². The molecule has 0 spiro atoms. The number of aryl methyl sites for hydroxylation is 1. The van der Waals surface area contributed by atoms with Crippen LogP contribution in [0.25, 0.3) is 0 Å². The molecule has 1 aromatic rings. The summed E-state index contributed by atoms with van der Waals surface area (Å²) in [5, 5.41) is 0. The van der Waals surface area contributed by atoms with E-state index in [9.17, 15) is 4.79 Å². The highest BCUT2D eigenvalue weighted by atomic mass is 16.1. The third-order valence-electron chi connectivity index (χ3n) is 3.11. The number of H-pyrrole nitrogens is 1. The van der Waals surface area contributed by atoms with E-state index in [1.807, 2.05) is 18.4 Å². The second kappa shape index (κ2) is 3.73. The Balaban J connectivity index is 2.02. The van der Waals surface area contributed by atoms with Crippen LogP contribution in [0.4, 0.5) is 5.82 Å². The Bertz CT molecular complexity index is 551. The van der Waals surface area contributed by atoms with E-state index in [4.69, 9.17) is 0 Å². The number of hydrogen-bond donors (Lipinski definition) is 1. The number of hydrogen-bond acceptors (Lipinski definition) is 3. The molecule has 0 bridgehead atoms. The number of carbonyl (C=O) groups is 1. The van der Waals surface area contributed by atoms with Crippen molar-refractivity contribution < 1.29 is 4.79 Å². The van der Waals surface area contributed by atoms with E-state index < -0.39 is 0 Å². The van der Waals surface area contributed by atoms with Crippen molar-refractivity contribution in [2.75, 3.05) is 11.4 Å². The van der Waals surface area contributed by atoms with Gasteiger partial charge < -0.3 is 9.88 Å². The second-order valence-corrected chi connectivity index (χ2v) is 4.29. The van der Waals surface area contributed by atoms with Gasteiger partial charge in [0.25, 0.3) is 0 Å². The van der Waals surface area contributed by atoms with Crippen LogP contribution in [0.5, 0.6) is 0 Å². The van der Waals surface area contributed by atoms with Crippen molar-refractivity contribution in [2.24, 2.45) is 4.99 Å². The number of anilines is 1. The van der Waals surface area contributed by atoms with Crippen LogP contribution in [-0.4, -0.2) is 24.0 Å². The predicted molar refractivity (Wildman–Crippen MR) is 67.6 cm³/mol. The summed E-state index contributed by atoms with van der Waals surface area (Å²) in [4.78, 5) is 20.3. The molecule has 3 heterocycles. The number of aromatic nitrogens is 1. The van der Waals surface area contributed by atoms with Crippen molar-refractivity contribution in [3.05, 3.63) is 41.4 Å². The normalized spacial score (nSPS) is 18.2. The molecule has 86 valence electrons. The summed E-state index contributed by atoms with van der Waals surface area (Å²) in [5.74, 6) is 1.02. The summed E-state index contributed by atoms with van der Waals surface area (Å²) in [5.41, 5.74) is 3.64. The van der Waals surface area contributed by atoms with Gasteiger partial charge in [-0.1, -0.05) is 6.58 Å². The molecule has 1 N–H and O–H groups in total. The zero-order valence-corrected chi connectivity index (χ0v) is 9.44. The standard InChI is InChI=1S/C13H13N3O/c1-9-5-12(7-14-9)16-4-2-3-10-6-11(8-17)15-13(10)16/h5-8,15H,1-4H2. The Labute approximate surface area is 99.4 Å². The number of fused-ring (bicyclic) bond motifs is 1. The Hall–Kier alpha value is -2.10. The van der Waals surface area contributed by atoms with E-state index in [1.54, 1.807) is 0 Å². The Morgan fingerprint density at radius 1 is 1.53 bits per heavy atom. The molecule has 0 atom stereocenters. The Kier molecular flexibility index (Phi) is 2.21. The van der Waals surface area contributed by atoms with Crippen molar-refractivity contribution in [1.82, 2.24) is 4.98 Å². The van der Waals surface area contributed by atoms with E-state index in [0.29, 0.717) is 5.69 Å². The summed E-state index contributed by atoms with van der Waals surface area (Å²) in [6.07, 6.45) is 6.73. The fraction of sp³-hybridized carbons (Fsp3) is 0.231. The van der Waals surface area contributed by atoms with Crippen LogP contribution >= 0.6 is 0 Å². The smallest absolute Gasteiger partial charge is 0.166 e. The number of nitrogens with zero attached hydrogens (tertiary/aromatic N) is 2. The fourth-order valence-corrected chi connectivity index (χ4v) is 2.34. The van der Waals surface area contributed by atoms with Gasteiger partial charge in [-0.25, -0.2) is 0 Å². The summed E-state index contributed by atoms with van der Waals surface area (Å²) in [6, 6.07) is 1.93. The van der Waals surface area contributed by atoms with Gasteiger partial charge >= 0.3 is 0 Å². The number of aromatic amines is 1. The maximum absolute atomic E-state index is 10.8. The molecule has 0 fully saturated rings. The van der Waals surface area contributed by atoms with Crippen molar-refractivity contribution in [2.45, 2.75) is 12.8 Å². The van der Waals surface area contributed by atoms with Gasteiger partial charge in [0.15, 0.2) is 6.29 Å². The monoisotopic (exact) mass is 227 g/mol. The average Bonchev–Trinajstić information content (AvgIpc) is 2.93. The van der Waals surface area contributed by atoms with Gasteiger partial charge in [0.2, 0.25) is 0 Å². The number of nitrogens with one attached hydrogen (secondary N) is 1. The van der Waals surface area contributed by atoms with Crippen LogP contribution in [-0.2, 0) is 6.42 Å². The number of allylic oxidation sites excluding steroid dienone is 2. The summed E-state index contributed by atoms with van der Waals surface area (Å²) < 4.78 is 0. The van der Waals surface area contributed by atoms with Gasteiger partial charge in [0, 0.05) is 6.54 Å². The lowest BCUT2D eigenvalue weighted by molar-refractivity contribution is 0.111. The van der Waals surface area contributed by atoms with Crippen molar-refractivity contribution in [1.29, 1.82) is 0 Å². The van der Waals surface area contributed by atoms with Crippen LogP contribution in [0.1, 0.15) is 22.5 Å². The molecule has 3 rings (SSSR count). The highest BCUT2D eigenvalue weighted by molar-refractivity contribution is 5.89. The summed E-state index contributed by atoms with van der Waals surface area (Å²) >= 11 is 0. The molecule has 4 heteroatoms. The van der Waals surface area contributed by atoms with Crippen molar-refractivity contribution in [3.8, 4) is 0 Å². The Morgan fingerprint density at radius 3 is 3.12 bits per heavy atom. The second-order valence-electron chi connectivity index (χ2n) is 4.29. The fourth-order valence-electron chi connectivity index (χ4n) is 2.34. The highest BCUT2D eigenvalue weighted by Crippen LogP contribution is 2.30. The molecule has 0 amide bonds. The first-order valence-electron chi connectivity index (χ1n) is 5.67. The van der Waals surface area contributed by atoms with Gasteiger partial charge in [-0.3, -0.25) is 9.79 Å². The quantitative estimate of drug-likeness (QED) is 0.786. The first kappa shape index (κ1) is 10.1. The molecule has 0 radical (unpaired) electrons. The van der Waals surface area contributed by atoms with Gasteiger partial charge in [-0.2, -0.15) is 0 Å². The van der Waals surface area contributed by atoms with E-state index in [-0.39, 0.29) is 0 Å². The molecule has 0 unspecified atom stereocenters. The maximum atomic E-state index is 10.8. The minimum absolute atomic E-state index is 0.635. The van der Waals surface area contributed by atoms with Crippen LogP contribution in [0.3, 0.4) is 0 Å². The average molecular weight is 227 g/mol. The molecular formula is C13H13N3O. The van der Waals surface area contributed by atoms with Gasteiger partial charge in [0.05, 0.1) is 23.3 Å². The maximum Gasteiger partial charge on any atom is 0.166 e. The first-order valence-corrected chi connectivity index (χ1v) is 5.67. The first-order chi connectivity index (χ1) is 8.28. The molecule has 17 heavy (non-hydrogen) atoms. The van der Waals surface area contributed by atoms with Crippen LogP contribution < -0.4 is 4.90 Å². The number of carbonyl (C=O) groups excluding carboxylic acids is 1. The molecule has 1 aromatic heterocycles. The number of aldehydes is 1. The lowest BCUT2D eigenvalue weighted by atomic mass is 10.1. The summed E-state index contributed by atoms with van der Waals surface area (Å²) in [6.45, 7) is 4.75. The van der Waals surface area contributed by atoms with Crippen molar-refractivity contribution in [3.63, 3.8) is 0 Å². The number of aliphatic imine (C=N–C) groups is 1. The zero-order chi connectivity index (χ0) is 11.8. The SMILES string of the molecule is C=C1C=C(N2CCCc3cc(C=O)[nH]c32)C=N1.